The van der Waals surface area contributed by atoms with E-state index in [1.54, 1.807) is 16.8 Å². The fourth-order valence-corrected chi connectivity index (χ4v) is 1.92. The van der Waals surface area contributed by atoms with Gasteiger partial charge in [-0.2, -0.15) is 5.10 Å². The summed E-state index contributed by atoms with van der Waals surface area (Å²) >= 11 is 0. The van der Waals surface area contributed by atoms with Crippen molar-refractivity contribution in [3.8, 4) is 5.69 Å². The lowest BCUT2D eigenvalue weighted by Crippen LogP contribution is -2.37. The van der Waals surface area contributed by atoms with Crippen LogP contribution in [-0.2, 0) is 0 Å². The maximum Gasteiger partial charge on any atom is 0.254 e. The number of carbonyl (C=O) groups is 1. The zero-order valence-electron chi connectivity index (χ0n) is 12.4. The van der Waals surface area contributed by atoms with Gasteiger partial charge in [-0.15, -0.1) is 0 Å². The van der Waals surface area contributed by atoms with Crippen molar-refractivity contribution in [3.63, 3.8) is 0 Å². The molecule has 1 atom stereocenters. The average molecular weight is 290 g/mol. The highest BCUT2D eigenvalue weighted by atomic mass is 19.1. The molecular formula is C15H19FN4O. The van der Waals surface area contributed by atoms with Crippen molar-refractivity contribution >= 4 is 5.91 Å². The minimum absolute atomic E-state index is 0.164. The third-order valence-corrected chi connectivity index (χ3v) is 3.39. The van der Waals surface area contributed by atoms with Crippen LogP contribution in [0.2, 0.25) is 0 Å². The van der Waals surface area contributed by atoms with Crippen molar-refractivity contribution in [3.05, 3.63) is 47.5 Å². The molecule has 0 fully saturated rings. The van der Waals surface area contributed by atoms with Crippen LogP contribution in [-0.4, -0.2) is 35.3 Å². The molecule has 0 saturated heterocycles. The van der Waals surface area contributed by atoms with Crippen LogP contribution in [0.25, 0.3) is 5.69 Å². The van der Waals surface area contributed by atoms with Gasteiger partial charge < -0.3 is 10.6 Å². The van der Waals surface area contributed by atoms with Gasteiger partial charge in [-0.3, -0.25) is 4.79 Å². The normalized spacial score (nSPS) is 12.2. The van der Waals surface area contributed by atoms with E-state index in [1.807, 2.05) is 20.9 Å². The Balaban J connectivity index is 2.16. The molecule has 2 N–H and O–H groups in total. The first kappa shape index (κ1) is 15.2. The summed E-state index contributed by atoms with van der Waals surface area (Å²) in [5.41, 5.74) is 1.95. The molecule has 0 bridgehead atoms. The lowest BCUT2D eigenvalue weighted by Gasteiger charge is -2.11. The number of aromatic nitrogens is 2. The number of hydrogen-bond acceptors (Lipinski definition) is 3. The Hall–Kier alpha value is -2.21. The zero-order chi connectivity index (χ0) is 15.4. The van der Waals surface area contributed by atoms with Crippen molar-refractivity contribution in [2.75, 3.05) is 13.6 Å². The number of likely N-dealkylation sites (N-methyl/N-ethyl adjacent to an activating group) is 1. The van der Waals surface area contributed by atoms with Gasteiger partial charge in [0.15, 0.2) is 0 Å². The predicted molar refractivity (Wildman–Crippen MR) is 79.1 cm³/mol. The molecular weight excluding hydrogens is 271 g/mol. The summed E-state index contributed by atoms with van der Waals surface area (Å²) in [4.78, 5) is 12.1. The van der Waals surface area contributed by atoms with E-state index < -0.39 is 0 Å². The fourth-order valence-electron chi connectivity index (χ4n) is 1.92. The molecule has 112 valence electrons. The number of rotatable bonds is 5. The van der Waals surface area contributed by atoms with Crippen LogP contribution in [0.3, 0.4) is 0 Å². The SMILES string of the molecule is CNC(C)CNC(=O)c1cnn(-c2ccc(F)cc2)c1C. The molecule has 0 aliphatic rings. The summed E-state index contributed by atoms with van der Waals surface area (Å²) in [5, 5.41) is 10.1. The summed E-state index contributed by atoms with van der Waals surface area (Å²) in [6.45, 7) is 4.33. The van der Waals surface area contributed by atoms with Crippen molar-refractivity contribution in [1.82, 2.24) is 20.4 Å². The second-order valence-corrected chi connectivity index (χ2v) is 4.93. The second kappa shape index (κ2) is 6.49. The molecule has 1 amide bonds. The first-order chi connectivity index (χ1) is 10.0. The summed E-state index contributed by atoms with van der Waals surface area (Å²) in [5.74, 6) is -0.467. The lowest BCUT2D eigenvalue weighted by molar-refractivity contribution is 0.0950. The molecule has 0 aliphatic heterocycles. The summed E-state index contributed by atoms with van der Waals surface area (Å²) in [7, 11) is 1.84. The Bertz CT molecular complexity index is 621. The van der Waals surface area contributed by atoms with Gasteiger partial charge in [0, 0.05) is 12.6 Å². The van der Waals surface area contributed by atoms with E-state index in [9.17, 15) is 9.18 Å². The highest BCUT2D eigenvalue weighted by molar-refractivity contribution is 5.95. The Labute approximate surface area is 123 Å². The zero-order valence-corrected chi connectivity index (χ0v) is 12.4. The Morgan fingerprint density at radius 3 is 2.67 bits per heavy atom. The number of carbonyl (C=O) groups excluding carboxylic acids is 1. The molecule has 0 saturated carbocycles. The van der Waals surface area contributed by atoms with Crippen molar-refractivity contribution in [2.45, 2.75) is 19.9 Å². The van der Waals surface area contributed by atoms with Gasteiger partial charge >= 0.3 is 0 Å². The average Bonchev–Trinajstić information content (AvgIpc) is 2.87. The van der Waals surface area contributed by atoms with E-state index in [1.165, 1.54) is 18.3 Å². The predicted octanol–water partition coefficient (Wildman–Crippen LogP) is 1.66. The van der Waals surface area contributed by atoms with E-state index in [4.69, 9.17) is 0 Å². The Kier molecular flexibility index (Phi) is 4.70. The smallest absolute Gasteiger partial charge is 0.254 e. The molecule has 0 spiro atoms. The first-order valence-corrected chi connectivity index (χ1v) is 6.79. The third-order valence-electron chi connectivity index (χ3n) is 3.39. The van der Waals surface area contributed by atoms with E-state index in [0.29, 0.717) is 12.1 Å². The number of hydrogen-bond donors (Lipinski definition) is 2. The van der Waals surface area contributed by atoms with Crippen LogP contribution in [0.5, 0.6) is 0 Å². The summed E-state index contributed by atoms with van der Waals surface area (Å²) in [6, 6.07) is 6.18. The van der Waals surface area contributed by atoms with Gasteiger partial charge in [0.1, 0.15) is 5.82 Å². The highest BCUT2D eigenvalue weighted by Gasteiger charge is 2.15. The van der Waals surface area contributed by atoms with Gasteiger partial charge in [0.05, 0.1) is 23.1 Å². The minimum Gasteiger partial charge on any atom is -0.350 e. The Morgan fingerprint density at radius 1 is 1.38 bits per heavy atom. The maximum absolute atomic E-state index is 12.9. The van der Waals surface area contributed by atoms with Crippen molar-refractivity contribution < 1.29 is 9.18 Å². The molecule has 0 radical (unpaired) electrons. The number of amides is 1. The fraction of sp³-hybridized carbons (Fsp3) is 0.333. The first-order valence-electron chi connectivity index (χ1n) is 6.79. The molecule has 6 heteroatoms. The molecule has 0 aliphatic carbocycles. The quantitative estimate of drug-likeness (QED) is 0.880. The van der Waals surface area contributed by atoms with Crippen LogP contribution in [0.15, 0.2) is 30.5 Å². The molecule has 1 heterocycles. The van der Waals surface area contributed by atoms with Crippen LogP contribution in [0.1, 0.15) is 23.0 Å². The van der Waals surface area contributed by atoms with Gasteiger partial charge in [-0.05, 0) is 45.2 Å². The van der Waals surface area contributed by atoms with Crippen molar-refractivity contribution in [1.29, 1.82) is 0 Å². The summed E-state index contributed by atoms with van der Waals surface area (Å²) < 4.78 is 14.6. The number of nitrogens with one attached hydrogen (secondary N) is 2. The minimum atomic E-state index is -0.303. The molecule has 1 aromatic heterocycles. The van der Waals surface area contributed by atoms with Gasteiger partial charge in [0.25, 0.3) is 5.91 Å². The highest BCUT2D eigenvalue weighted by Crippen LogP contribution is 2.14. The molecule has 1 aromatic carbocycles. The van der Waals surface area contributed by atoms with E-state index in [0.717, 1.165) is 11.4 Å². The molecule has 2 rings (SSSR count). The number of nitrogens with zero attached hydrogens (tertiary/aromatic N) is 2. The lowest BCUT2D eigenvalue weighted by atomic mass is 10.2. The molecule has 21 heavy (non-hydrogen) atoms. The number of benzene rings is 1. The van der Waals surface area contributed by atoms with Gasteiger partial charge in [-0.25, -0.2) is 9.07 Å². The monoisotopic (exact) mass is 290 g/mol. The third kappa shape index (κ3) is 3.46. The van der Waals surface area contributed by atoms with Gasteiger partial charge in [0.2, 0.25) is 0 Å². The van der Waals surface area contributed by atoms with Gasteiger partial charge in [-0.1, -0.05) is 0 Å². The standard InChI is InChI=1S/C15H19FN4O/c1-10(17-3)8-18-15(21)14-9-19-20(11(14)2)13-6-4-12(16)5-7-13/h4-7,9-10,17H,8H2,1-3H3,(H,18,21). The topological polar surface area (TPSA) is 58.9 Å². The molecule has 2 aromatic rings. The van der Waals surface area contributed by atoms with Crippen LogP contribution >= 0.6 is 0 Å². The van der Waals surface area contributed by atoms with Crippen LogP contribution in [0, 0.1) is 12.7 Å². The van der Waals surface area contributed by atoms with Crippen LogP contribution in [0.4, 0.5) is 4.39 Å². The van der Waals surface area contributed by atoms with E-state index >= 15 is 0 Å². The summed E-state index contributed by atoms with van der Waals surface area (Å²) in [6.07, 6.45) is 1.53. The van der Waals surface area contributed by atoms with Crippen LogP contribution < -0.4 is 10.6 Å². The molecule has 1 unspecified atom stereocenters. The van der Waals surface area contributed by atoms with E-state index in [2.05, 4.69) is 15.7 Å². The van der Waals surface area contributed by atoms with Crippen molar-refractivity contribution in [2.24, 2.45) is 0 Å². The number of halogens is 1. The second-order valence-electron chi connectivity index (χ2n) is 4.93. The Morgan fingerprint density at radius 2 is 2.05 bits per heavy atom. The largest absolute Gasteiger partial charge is 0.350 e. The van der Waals surface area contributed by atoms with E-state index in [-0.39, 0.29) is 17.8 Å². The molecule has 5 nitrogen and oxygen atoms in total. The maximum atomic E-state index is 12.9.